The van der Waals surface area contributed by atoms with Crippen LogP contribution in [0.1, 0.15) is 0 Å². The second-order valence-electron chi connectivity index (χ2n) is 13.2. The summed E-state index contributed by atoms with van der Waals surface area (Å²) in [6.07, 6.45) is 0. The zero-order valence-electron chi connectivity index (χ0n) is 26.6. The van der Waals surface area contributed by atoms with Crippen molar-refractivity contribution in [1.82, 2.24) is 0 Å². The number of benzene rings is 10. The molecule has 0 atom stereocenters. The van der Waals surface area contributed by atoms with Gasteiger partial charge >= 0.3 is 0 Å². The highest BCUT2D eigenvalue weighted by Gasteiger charge is 2.21. The summed E-state index contributed by atoms with van der Waals surface area (Å²) in [5.41, 5.74) is 6.82. The van der Waals surface area contributed by atoms with Crippen LogP contribution in [0.15, 0.2) is 174 Å². The highest BCUT2D eigenvalue weighted by molar-refractivity contribution is 6.29. The Labute approximate surface area is 282 Å². The van der Waals surface area contributed by atoms with E-state index in [2.05, 4.69) is 170 Å². The maximum absolute atomic E-state index is 6.68. The molecule has 0 aliphatic rings. The normalized spacial score (nSPS) is 12.1. The molecule has 0 amide bonds. The fraction of sp³-hybridized carbons (Fsp3) is 0. The van der Waals surface area contributed by atoms with Crippen LogP contribution in [0.3, 0.4) is 0 Å². The van der Waals surface area contributed by atoms with Crippen molar-refractivity contribution < 1.29 is 4.42 Å². The molecule has 0 unspecified atom stereocenters. The minimum atomic E-state index is 0.910. The van der Waals surface area contributed by atoms with Crippen LogP contribution in [0.25, 0.3) is 109 Å². The zero-order valence-corrected chi connectivity index (χ0v) is 26.6. The van der Waals surface area contributed by atoms with Crippen molar-refractivity contribution in [1.29, 1.82) is 0 Å². The van der Waals surface area contributed by atoms with Crippen LogP contribution >= 0.6 is 0 Å². The Hall–Kier alpha value is -6.44. The molecule has 0 radical (unpaired) electrons. The average Bonchev–Trinajstić information content (AvgIpc) is 3.55. The Morgan fingerprint density at radius 1 is 0.265 bits per heavy atom. The molecule has 0 saturated heterocycles. The third kappa shape index (κ3) is 3.76. The van der Waals surface area contributed by atoms with Crippen molar-refractivity contribution in [2.45, 2.75) is 0 Å². The maximum Gasteiger partial charge on any atom is 0.143 e. The van der Waals surface area contributed by atoms with E-state index in [0.717, 1.165) is 32.9 Å². The Kier molecular flexibility index (Phi) is 5.45. The quantitative estimate of drug-likeness (QED) is 0.138. The molecule has 1 nitrogen and oxygen atoms in total. The van der Waals surface area contributed by atoms with Crippen molar-refractivity contribution >= 4 is 86.6 Å². The number of hydrogen-bond acceptors (Lipinski definition) is 1. The van der Waals surface area contributed by atoms with Crippen molar-refractivity contribution in [3.8, 4) is 22.3 Å². The summed E-state index contributed by atoms with van der Waals surface area (Å²) in [7, 11) is 0. The van der Waals surface area contributed by atoms with Gasteiger partial charge in [-0.05, 0) is 106 Å². The molecule has 10 aromatic carbocycles. The van der Waals surface area contributed by atoms with E-state index >= 15 is 0 Å². The largest absolute Gasteiger partial charge is 0.455 e. The second-order valence-corrected chi connectivity index (χ2v) is 13.2. The van der Waals surface area contributed by atoms with Crippen molar-refractivity contribution in [3.05, 3.63) is 170 Å². The van der Waals surface area contributed by atoms with Crippen LogP contribution in [0.4, 0.5) is 0 Å². The molecular weight excluding hydrogens is 593 g/mol. The first-order chi connectivity index (χ1) is 24.3. The van der Waals surface area contributed by atoms with Crippen LogP contribution in [-0.4, -0.2) is 0 Å². The lowest BCUT2D eigenvalue weighted by Crippen LogP contribution is -1.93. The first-order valence-corrected chi connectivity index (χ1v) is 16.9. The molecule has 0 aliphatic heterocycles. The molecule has 1 aromatic heterocycles. The summed E-state index contributed by atoms with van der Waals surface area (Å²) in [5, 5.41) is 17.2. The molecule has 0 spiro atoms. The topological polar surface area (TPSA) is 13.1 Å². The third-order valence-electron chi connectivity index (χ3n) is 10.6. The second kappa shape index (κ2) is 10.0. The van der Waals surface area contributed by atoms with E-state index in [1.807, 2.05) is 0 Å². The summed E-state index contributed by atoms with van der Waals surface area (Å²) in [6.45, 7) is 0. The summed E-state index contributed by atoms with van der Waals surface area (Å²) in [4.78, 5) is 0. The van der Waals surface area contributed by atoms with E-state index in [9.17, 15) is 0 Å². The SMILES string of the molecule is c1ccc2c(-c3c4ccccc4c(-c4ccc5c(c4)oc4c6ccccc6ccc54)c4ccccc34)c3ccc4ccccc4c3cc2c1. The van der Waals surface area contributed by atoms with E-state index < -0.39 is 0 Å². The van der Waals surface area contributed by atoms with Gasteiger partial charge in [0.25, 0.3) is 0 Å². The summed E-state index contributed by atoms with van der Waals surface area (Å²) in [5.74, 6) is 0. The molecule has 11 rings (SSSR count). The zero-order chi connectivity index (χ0) is 32.1. The highest BCUT2D eigenvalue weighted by atomic mass is 16.3. The van der Waals surface area contributed by atoms with Gasteiger partial charge in [-0.3, -0.25) is 0 Å². The standard InChI is InChI=1S/C48H28O/c1-4-14-33-29(11-1)21-25-41-43(33)27-31-13-3-5-15-34(31)46(41)47-39-19-9-7-17-37(39)45(38-18-8-10-20-40(38)47)32-23-24-36-42-26-22-30-12-2-6-16-35(30)48(42)49-44(36)28-32/h1-28H. The van der Waals surface area contributed by atoms with Gasteiger partial charge in [-0.1, -0.05) is 146 Å². The van der Waals surface area contributed by atoms with Crippen molar-refractivity contribution in [3.63, 3.8) is 0 Å². The predicted molar refractivity (Wildman–Crippen MR) is 210 cm³/mol. The molecule has 1 heterocycles. The van der Waals surface area contributed by atoms with E-state index in [-0.39, 0.29) is 0 Å². The molecule has 0 aliphatic carbocycles. The predicted octanol–water partition coefficient (Wildman–Crippen LogP) is 13.8. The van der Waals surface area contributed by atoms with E-state index in [0.29, 0.717) is 0 Å². The molecule has 1 heteroatoms. The average molecular weight is 621 g/mol. The first-order valence-electron chi connectivity index (χ1n) is 16.9. The Bertz CT molecular complexity index is 3100. The van der Waals surface area contributed by atoms with Gasteiger partial charge in [0.15, 0.2) is 0 Å². The number of fused-ring (bicyclic) bond motifs is 11. The lowest BCUT2D eigenvalue weighted by molar-refractivity contribution is 0.673. The van der Waals surface area contributed by atoms with Crippen LogP contribution in [0.5, 0.6) is 0 Å². The van der Waals surface area contributed by atoms with Gasteiger partial charge in [0, 0.05) is 16.2 Å². The molecule has 11 aromatic rings. The van der Waals surface area contributed by atoms with Gasteiger partial charge in [-0.2, -0.15) is 0 Å². The lowest BCUT2D eigenvalue weighted by Gasteiger charge is -2.20. The smallest absolute Gasteiger partial charge is 0.143 e. The Balaban J connectivity index is 1.27. The van der Waals surface area contributed by atoms with Crippen molar-refractivity contribution in [2.75, 3.05) is 0 Å². The lowest BCUT2D eigenvalue weighted by atomic mass is 9.82. The molecular formula is C48H28O. The van der Waals surface area contributed by atoms with Crippen LogP contribution in [0.2, 0.25) is 0 Å². The summed E-state index contributed by atoms with van der Waals surface area (Å²) >= 11 is 0. The summed E-state index contributed by atoms with van der Waals surface area (Å²) < 4.78 is 6.68. The van der Waals surface area contributed by atoms with Gasteiger partial charge in [0.1, 0.15) is 11.2 Å². The van der Waals surface area contributed by atoms with Crippen molar-refractivity contribution in [2.24, 2.45) is 0 Å². The van der Waals surface area contributed by atoms with Gasteiger partial charge < -0.3 is 4.42 Å². The summed E-state index contributed by atoms with van der Waals surface area (Å²) in [6, 6.07) is 62.1. The van der Waals surface area contributed by atoms with E-state index in [1.165, 1.54) is 75.9 Å². The minimum Gasteiger partial charge on any atom is -0.455 e. The molecule has 0 bridgehead atoms. The number of furan rings is 1. The van der Waals surface area contributed by atoms with Gasteiger partial charge in [0.05, 0.1) is 0 Å². The molecule has 226 valence electrons. The van der Waals surface area contributed by atoms with Gasteiger partial charge in [-0.15, -0.1) is 0 Å². The highest BCUT2D eigenvalue weighted by Crippen LogP contribution is 2.49. The fourth-order valence-electron chi connectivity index (χ4n) is 8.46. The fourth-order valence-corrected chi connectivity index (χ4v) is 8.46. The monoisotopic (exact) mass is 620 g/mol. The Morgan fingerprint density at radius 2 is 0.735 bits per heavy atom. The molecule has 0 saturated carbocycles. The van der Waals surface area contributed by atoms with Gasteiger partial charge in [-0.25, -0.2) is 0 Å². The maximum atomic E-state index is 6.68. The van der Waals surface area contributed by atoms with Gasteiger partial charge in [0.2, 0.25) is 0 Å². The Morgan fingerprint density at radius 3 is 1.43 bits per heavy atom. The van der Waals surface area contributed by atoms with Crippen LogP contribution in [-0.2, 0) is 0 Å². The molecule has 0 fully saturated rings. The van der Waals surface area contributed by atoms with E-state index in [1.54, 1.807) is 0 Å². The number of rotatable bonds is 2. The molecule has 49 heavy (non-hydrogen) atoms. The molecule has 0 N–H and O–H groups in total. The van der Waals surface area contributed by atoms with Crippen LogP contribution < -0.4 is 0 Å². The first kappa shape index (κ1) is 26.6. The van der Waals surface area contributed by atoms with E-state index in [4.69, 9.17) is 4.42 Å². The van der Waals surface area contributed by atoms with Crippen LogP contribution in [0, 0.1) is 0 Å². The number of hydrogen-bond donors (Lipinski definition) is 0. The third-order valence-corrected chi connectivity index (χ3v) is 10.6. The minimum absolute atomic E-state index is 0.910.